The molecule has 0 aliphatic carbocycles. The predicted octanol–water partition coefficient (Wildman–Crippen LogP) is 2.05. The number of hydrogen-bond acceptors (Lipinski definition) is 3. The number of rotatable bonds is 3. The molecule has 2 heterocycles. The normalized spacial score (nSPS) is 28.8. The summed E-state index contributed by atoms with van der Waals surface area (Å²) in [6.45, 7) is 3.80. The highest BCUT2D eigenvalue weighted by Crippen LogP contribution is 2.37. The highest BCUT2D eigenvalue weighted by molar-refractivity contribution is 9.10. The summed E-state index contributed by atoms with van der Waals surface area (Å²) in [7, 11) is 0. The molecular weight excluding hydrogens is 330 g/mol. The first-order valence-electron chi connectivity index (χ1n) is 7.63. The number of nitrogens with zero attached hydrogens (tertiary/aromatic N) is 1. The van der Waals surface area contributed by atoms with Gasteiger partial charge in [0.15, 0.2) is 0 Å². The van der Waals surface area contributed by atoms with E-state index in [1.807, 2.05) is 6.07 Å². The number of fused-ring (bicyclic) bond motifs is 1. The molecule has 3 rings (SSSR count). The summed E-state index contributed by atoms with van der Waals surface area (Å²) < 4.78 is 1.09. The van der Waals surface area contributed by atoms with E-state index >= 15 is 0 Å². The van der Waals surface area contributed by atoms with E-state index in [1.54, 1.807) is 0 Å². The van der Waals surface area contributed by atoms with Crippen LogP contribution >= 0.6 is 15.9 Å². The molecule has 5 heteroatoms. The Morgan fingerprint density at radius 1 is 1.43 bits per heavy atom. The molecule has 114 valence electrons. The molecule has 2 saturated heterocycles. The molecule has 2 aliphatic rings. The summed E-state index contributed by atoms with van der Waals surface area (Å²) >= 11 is 3.65. The van der Waals surface area contributed by atoms with Crippen LogP contribution in [-0.2, 0) is 4.79 Å². The van der Waals surface area contributed by atoms with E-state index in [2.05, 4.69) is 51.3 Å². The summed E-state index contributed by atoms with van der Waals surface area (Å²) in [6.07, 6.45) is 2.05. The Labute approximate surface area is 134 Å². The lowest BCUT2D eigenvalue weighted by Gasteiger charge is -2.43. The second kappa shape index (κ2) is 6.07. The van der Waals surface area contributed by atoms with Crippen molar-refractivity contribution in [2.24, 2.45) is 11.7 Å². The van der Waals surface area contributed by atoms with Crippen molar-refractivity contribution >= 4 is 21.8 Å². The fourth-order valence-corrected chi connectivity index (χ4v) is 4.33. The lowest BCUT2D eigenvalue weighted by molar-refractivity contribution is -0.124. The van der Waals surface area contributed by atoms with E-state index in [-0.39, 0.29) is 30.0 Å². The lowest BCUT2D eigenvalue weighted by atomic mass is 9.87. The van der Waals surface area contributed by atoms with Crippen molar-refractivity contribution in [3.63, 3.8) is 0 Å². The Bertz CT molecular complexity index is 534. The molecule has 3 N–H and O–H groups in total. The number of halogens is 1. The molecule has 0 spiro atoms. The average molecular weight is 352 g/mol. The molecule has 4 nitrogen and oxygen atoms in total. The van der Waals surface area contributed by atoms with Gasteiger partial charge in [-0.05, 0) is 37.9 Å². The third kappa shape index (κ3) is 2.74. The fourth-order valence-electron chi connectivity index (χ4n) is 3.81. The topological polar surface area (TPSA) is 58.4 Å². The molecular formula is C16H22BrN3O. The zero-order valence-corrected chi connectivity index (χ0v) is 13.8. The number of carbonyl (C=O) groups is 1. The molecule has 4 unspecified atom stereocenters. The van der Waals surface area contributed by atoms with E-state index in [0.717, 1.165) is 30.4 Å². The minimum atomic E-state index is 0.0122. The molecule has 0 radical (unpaired) electrons. The van der Waals surface area contributed by atoms with Gasteiger partial charge < -0.3 is 11.1 Å². The van der Waals surface area contributed by atoms with Gasteiger partial charge >= 0.3 is 0 Å². The number of benzene rings is 1. The van der Waals surface area contributed by atoms with Crippen LogP contribution in [0.4, 0.5) is 0 Å². The Morgan fingerprint density at radius 3 is 2.90 bits per heavy atom. The molecule has 0 saturated carbocycles. The number of likely N-dealkylation sites (tertiary alicyclic amines) is 1. The molecule has 1 aromatic carbocycles. The van der Waals surface area contributed by atoms with Gasteiger partial charge in [-0.15, -0.1) is 0 Å². The van der Waals surface area contributed by atoms with Crippen molar-refractivity contribution in [3.05, 3.63) is 34.3 Å². The zero-order chi connectivity index (χ0) is 15.0. The van der Waals surface area contributed by atoms with Crippen molar-refractivity contribution < 1.29 is 4.79 Å². The van der Waals surface area contributed by atoms with Gasteiger partial charge in [0, 0.05) is 23.1 Å². The van der Waals surface area contributed by atoms with Crippen molar-refractivity contribution in [1.29, 1.82) is 0 Å². The quantitative estimate of drug-likeness (QED) is 0.876. The van der Waals surface area contributed by atoms with Crippen molar-refractivity contribution in [2.75, 3.05) is 13.1 Å². The first-order chi connectivity index (χ1) is 10.1. The van der Waals surface area contributed by atoms with Gasteiger partial charge in [0.1, 0.15) is 0 Å². The fraction of sp³-hybridized carbons (Fsp3) is 0.562. The third-order valence-corrected chi connectivity index (χ3v) is 5.45. The standard InChI is InChI=1S/C16H22BrN3O/c1-10(18)15(11-5-2-3-7-13(11)17)20-8-4-6-12-14(20)9-19-16(12)21/h2-3,5,7,10,12,14-15H,4,6,8-9,18H2,1H3,(H,19,21). The molecule has 0 aromatic heterocycles. The second-order valence-corrected chi connectivity index (χ2v) is 6.98. The van der Waals surface area contributed by atoms with E-state index in [4.69, 9.17) is 5.73 Å². The molecule has 2 aliphatic heterocycles. The Balaban J connectivity index is 1.94. The van der Waals surface area contributed by atoms with Crippen LogP contribution in [0.5, 0.6) is 0 Å². The number of amides is 1. The molecule has 0 bridgehead atoms. The van der Waals surface area contributed by atoms with E-state index < -0.39 is 0 Å². The molecule has 21 heavy (non-hydrogen) atoms. The monoisotopic (exact) mass is 351 g/mol. The van der Waals surface area contributed by atoms with Crippen molar-refractivity contribution in [3.8, 4) is 0 Å². The van der Waals surface area contributed by atoms with Gasteiger partial charge in [0.2, 0.25) is 5.91 Å². The van der Waals surface area contributed by atoms with Crippen LogP contribution in [0, 0.1) is 5.92 Å². The summed E-state index contributed by atoms with van der Waals surface area (Å²) in [5.41, 5.74) is 7.53. The Morgan fingerprint density at radius 2 is 2.19 bits per heavy atom. The van der Waals surface area contributed by atoms with Gasteiger partial charge in [-0.2, -0.15) is 0 Å². The van der Waals surface area contributed by atoms with Crippen LogP contribution in [0.2, 0.25) is 0 Å². The smallest absolute Gasteiger partial charge is 0.224 e. The molecule has 1 amide bonds. The number of carbonyl (C=O) groups excluding carboxylic acids is 1. The number of nitrogens with two attached hydrogens (primary N) is 1. The van der Waals surface area contributed by atoms with Crippen LogP contribution in [-0.4, -0.2) is 36.0 Å². The van der Waals surface area contributed by atoms with E-state index in [0.29, 0.717) is 0 Å². The lowest BCUT2D eigenvalue weighted by Crippen LogP contribution is -2.51. The van der Waals surface area contributed by atoms with Crippen molar-refractivity contribution in [1.82, 2.24) is 10.2 Å². The van der Waals surface area contributed by atoms with Gasteiger partial charge in [-0.3, -0.25) is 9.69 Å². The maximum absolute atomic E-state index is 12.0. The van der Waals surface area contributed by atoms with Crippen LogP contribution in [0.3, 0.4) is 0 Å². The van der Waals surface area contributed by atoms with Gasteiger partial charge in [0.25, 0.3) is 0 Å². The van der Waals surface area contributed by atoms with Crippen LogP contribution in [0.25, 0.3) is 0 Å². The second-order valence-electron chi connectivity index (χ2n) is 6.12. The van der Waals surface area contributed by atoms with Gasteiger partial charge in [-0.1, -0.05) is 34.1 Å². The zero-order valence-electron chi connectivity index (χ0n) is 12.3. The number of nitrogens with one attached hydrogen (secondary N) is 1. The van der Waals surface area contributed by atoms with Gasteiger partial charge in [-0.25, -0.2) is 0 Å². The van der Waals surface area contributed by atoms with Crippen LogP contribution < -0.4 is 11.1 Å². The van der Waals surface area contributed by atoms with Crippen LogP contribution in [0.1, 0.15) is 31.4 Å². The summed E-state index contributed by atoms with van der Waals surface area (Å²) in [6, 6.07) is 8.69. The maximum atomic E-state index is 12.0. The predicted molar refractivity (Wildman–Crippen MR) is 86.8 cm³/mol. The van der Waals surface area contributed by atoms with Gasteiger partial charge in [0.05, 0.1) is 12.0 Å². The SMILES string of the molecule is CC(N)C(c1ccccc1Br)N1CCCC2C(=O)NCC21. The Kier molecular flexibility index (Phi) is 4.33. The van der Waals surface area contributed by atoms with E-state index in [9.17, 15) is 4.79 Å². The Hall–Kier alpha value is -0.910. The highest BCUT2D eigenvalue weighted by Gasteiger charge is 2.44. The average Bonchev–Trinajstić information content (AvgIpc) is 2.84. The molecule has 4 atom stereocenters. The first kappa shape index (κ1) is 15.0. The minimum Gasteiger partial charge on any atom is -0.354 e. The third-order valence-electron chi connectivity index (χ3n) is 4.72. The molecule has 1 aromatic rings. The first-order valence-corrected chi connectivity index (χ1v) is 8.42. The highest BCUT2D eigenvalue weighted by atomic mass is 79.9. The summed E-state index contributed by atoms with van der Waals surface area (Å²) in [5, 5.41) is 3.02. The van der Waals surface area contributed by atoms with E-state index in [1.165, 1.54) is 5.56 Å². The summed E-state index contributed by atoms with van der Waals surface area (Å²) in [5.74, 6) is 0.336. The van der Waals surface area contributed by atoms with Crippen LogP contribution in [0.15, 0.2) is 28.7 Å². The minimum absolute atomic E-state index is 0.0122. The summed E-state index contributed by atoms with van der Waals surface area (Å²) in [4.78, 5) is 14.4. The number of hydrogen-bond donors (Lipinski definition) is 2. The number of piperidine rings is 1. The molecule has 2 fully saturated rings. The van der Waals surface area contributed by atoms with Crippen molar-refractivity contribution in [2.45, 2.75) is 37.9 Å². The largest absolute Gasteiger partial charge is 0.354 e. The maximum Gasteiger partial charge on any atom is 0.224 e.